The van der Waals surface area contributed by atoms with E-state index in [9.17, 15) is 0 Å². The van der Waals surface area contributed by atoms with E-state index < -0.39 is 0 Å². The maximum absolute atomic E-state index is 4.28. The minimum Gasteiger partial charge on any atom is -0.310 e. The zero-order chi connectivity index (χ0) is 24.4. The van der Waals surface area contributed by atoms with Crippen molar-refractivity contribution in [3.05, 3.63) is 121 Å². The number of nitrogens with zero attached hydrogens (tertiary/aromatic N) is 4. The molecule has 0 atom stereocenters. The van der Waals surface area contributed by atoms with Gasteiger partial charge < -0.3 is 4.90 Å². The average Bonchev–Trinajstić information content (AvgIpc) is 2.88. The highest BCUT2D eigenvalue weighted by molar-refractivity contribution is 5.85. The second kappa shape index (κ2) is 9.51. The van der Waals surface area contributed by atoms with Crippen molar-refractivity contribution in [2.75, 3.05) is 4.90 Å². The summed E-state index contributed by atoms with van der Waals surface area (Å²) >= 11 is 0. The molecular weight excluding hydrogens is 428 g/mol. The molecule has 0 aliphatic heterocycles. The molecule has 172 valence electrons. The number of pyridine rings is 3. The summed E-state index contributed by atoms with van der Waals surface area (Å²) in [6, 6.07) is 29.9. The topological polar surface area (TPSA) is 23.9 Å². The summed E-state index contributed by atoms with van der Waals surface area (Å²) in [5, 5.41) is 0. The summed E-state index contributed by atoms with van der Waals surface area (Å²) in [7, 11) is 4.19. The van der Waals surface area contributed by atoms with E-state index in [0.29, 0.717) is 0 Å². The Labute approximate surface area is 207 Å². The molecule has 0 aliphatic carbocycles. The van der Waals surface area contributed by atoms with Crippen LogP contribution in [0.25, 0.3) is 22.5 Å². The number of aryl methyl sites for hydroxylation is 2. The Morgan fingerprint density at radius 3 is 1.51 bits per heavy atom. The molecule has 0 saturated carbocycles. The van der Waals surface area contributed by atoms with Gasteiger partial charge in [0.15, 0.2) is 12.4 Å². The summed E-state index contributed by atoms with van der Waals surface area (Å²) in [5.41, 5.74) is 10.6. The molecule has 35 heavy (non-hydrogen) atoms. The summed E-state index contributed by atoms with van der Waals surface area (Å²) < 4.78 is 4.34. The maximum Gasteiger partial charge on any atom is 0.212 e. The van der Waals surface area contributed by atoms with Crippen molar-refractivity contribution < 1.29 is 9.13 Å². The van der Waals surface area contributed by atoms with Gasteiger partial charge >= 0.3 is 0 Å². The molecule has 3 heterocycles. The summed E-state index contributed by atoms with van der Waals surface area (Å²) in [5.74, 6) is 0. The molecule has 0 N–H and O–H groups in total. The molecule has 0 aliphatic rings. The summed E-state index contributed by atoms with van der Waals surface area (Å²) in [4.78, 5) is 6.63. The van der Waals surface area contributed by atoms with Gasteiger partial charge in [0.25, 0.3) is 0 Å². The Bertz CT molecular complexity index is 1400. The first-order valence-electron chi connectivity index (χ1n) is 11.9. The number of hydrogen-bond acceptors (Lipinski definition) is 2. The molecule has 3 aromatic heterocycles. The van der Waals surface area contributed by atoms with E-state index in [-0.39, 0.29) is 0 Å². The maximum atomic E-state index is 4.28. The van der Waals surface area contributed by atoms with Crippen molar-refractivity contribution in [3.63, 3.8) is 0 Å². The first kappa shape index (κ1) is 22.5. The SMILES string of the molecule is Cc1c(-c2cccc[n+]2C)cccc1N(c1ccncc1)c1cccc(-c2cccc[n+]2C)c1C. The van der Waals surface area contributed by atoms with Crippen LogP contribution in [0.2, 0.25) is 0 Å². The molecule has 0 fully saturated rings. The van der Waals surface area contributed by atoms with Crippen LogP contribution in [0.5, 0.6) is 0 Å². The fourth-order valence-corrected chi connectivity index (χ4v) is 4.79. The number of aromatic nitrogens is 3. The fraction of sp³-hybridized carbons (Fsp3) is 0.129. The van der Waals surface area contributed by atoms with Gasteiger partial charge in [-0.1, -0.05) is 12.1 Å². The highest BCUT2D eigenvalue weighted by Gasteiger charge is 2.23. The van der Waals surface area contributed by atoms with E-state index in [1.165, 1.54) is 33.6 Å². The third kappa shape index (κ3) is 4.19. The van der Waals surface area contributed by atoms with E-state index in [1.807, 2.05) is 12.4 Å². The standard InChI is InChI=1S/C31H30N4/c1-23-26(30-13-5-7-21-33(30)3)11-9-15-28(23)35(25-17-19-32-20-18-25)29-16-10-12-27(24(29)2)31-14-6-8-22-34(31)4/h5-22H,1-4H3/q+2. The van der Waals surface area contributed by atoms with Crippen molar-refractivity contribution in [1.29, 1.82) is 0 Å². The summed E-state index contributed by atoms with van der Waals surface area (Å²) in [6.45, 7) is 4.42. The number of rotatable bonds is 5. The molecule has 5 aromatic rings. The third-order valence-corrected chi connectivity index (χ3v) is 6.67. The molecule has 4 nitrogen and oxygen atoms in total. The second-order valence-electron chi connectivity index (χ2n) is 8.83. The number of hydrogen-bond donors (Lipinski definition) is 0. The van der Waals surface area contributed by atoms with Crippen LogP contribution >= 0.6 is 0 Å². The Hall–Kier alpha value is -4.31. The van der Waals surface area contributed by atoms with E-state index >= 15 is 0 Å². The largest absolute Gasteiger partial charge is 0.310 e. The van der Waals surface area contributed by atoms with Crippen LogP contribution < -0.4 is 14.0 Å². The van der Waals surface area contributed by atoms with Gasteiger partial charge in [-0.15, -0.1) is 0 Å². The van der Waals surface area contributed by atoms with Crippen LogP contribution in [0.1, 0.15) is 11.1 Å². The van der Waals surface area contributed by atoms with Crippen LogP contribution in [0.15, 0.2) is 110 Å². The zero-order valence-electron chi connectivity index (χ0n) is 20.7. The predicted octanol–water partition coefficient (Wildman–Crippen LogP) is 6.15. The number of benzene rings is 2. The molecule has 5 rings (SSSR count). The van der Waals surface area contributed by atoms with Crippen molar-refractivity contribution in [3.8, 4) is 22.5 Å². The Morgan fingerprint density at radius 2 is 1.06 bits per heavy atom. The van der Waals surface area contributed by atoms with E-state index in [1.54, 1.807) is 0 Å². The molecule has 0 amide bonds. The molecule has 0 unspecified atom stereocenters. The lowest BCUT2D eigenvalue weighted by molar-refractivity contribution is -0.660. The van der Waals surface area contributed by atoms with Crippen LogP contribution in [-0.4, -0.2) is 4.98 Å². The quantitative estimate of drug-likeness (QED) is 0.295. The van der Waals surface area contributed by atoms with Crippen molar-refractivity contribution in [2.45, 2.75) is 13.8 Å². The van der Waals surface area contributed by atoms with Crippen LogP contribution in [0, 0.1) is 13.8 Å². The Kier molecular flexibility index (Phi) is 6.11. The fourth-order valence-electron chi connectivity index (χ4n) is 4.79. The van der Waals surface area contributed by atoms with Gasteiger partial charge in [-0.3, -0.25) is 4.98 Å². The van der Waals surface area contributed by atoms with Gasteiger partial charge in [-0.25, -0.2) is 9.13 Å². The van der Waals surface area contributed by atoms with Crippen molar-refractivity contribution in [1.82, 2.24) is 4.98 Å². The van der Waals surface area contributed by atoms with Crippen molar-refractivity contribution in [2.24, 2.45) is 14.1 Å². The van der Waals surface area contributed by atoms with Gasteiger partial charge in [-0.05, 0) is 73.5 Å². The molecule has 0 spiro atoms. The van der Waals surface area contributed by atoms with Gasteiger partial charge in [0.2, 0.25) is 11.4 Å². The van der Waals surface area contributed by atoms with Gasteiger partial charge in [0.1, 0.15) is 14.1 Å². The molecular formula is C31H30N4+2. The minimum atomic E-state index is 1.08. The lowest BCUT2D eigenvalue weighted by atomic mass is 9.98. The monoisotopic (exact) mass is 458 g/mol. The van der Waals surface area contributed by atoms with E-state index in [0.717, 1.165) is 17.1 Å². The molecule has 0 radical (unpaired) electrons. The first-order chi connectivity index (χ1) is 17.1. The minimum absolute atomic E-state index is 1.08. The Balaban J connectivity index is 1.74. The van der Waals surface area contributed by atoms with Crippen LogP contribution in [0.4, 0.5) is 17.1 Å². The van der Waals surface area contributed by atoms with Crippen LogP contribution in [-0.2, 0) is 14.1 Å². The molecule has 0 bridgehead atoms. The van der Waals surface area contributed by atoms with Gasteiger partial charge in [0.05, 0.1) is 11.1 Å². The van der Waals surface area contributed by atoms with E-state index in [4.69, 9.17) is 0 Å². The van der Waals surface area contributed by atoms with E-state index in [2.05, 4.69) is 144 Å². The lowest BCUT2D eigenvalue weighted by Crippen LogP contribution is -2.30. The van der Waals surface area contributed by atoms with Gasteiger partial charge in [0, 0.05) is 53.7 Å². The van der Waals surface area contributed by atoms with Crippen molar-refractivity contribution >= 4 is 17.1 Å². The predicted molar refractivity (Wildman–Crippen MR) is 142 cm³/mol. The first-order valence-corrected chi connectivity index (χ1v) is 11.9. The highest BCUT2D eigenvalue weighted by atomic mass is 15.1. The number of anilines is 3. The molecule has 2 aromatic carbocycles. The smallest absolute Gasteiger partial charge is 0.212 e. The highest BCUT2D eigenvalue weighted by Crippen LogP contribution is 2.42. The molecule has 0 saturated heterocycles. The normalized spacial score (nSPS) is 10.9. The second-order valence-corrected chi connectivity index (χ2v) is 8.83. The zero-order valence-corrected chi connectivity index (χ0v) is 20.7. The molecule has 4 heteroatoms. The van der Waals surface area contributed by atoms with Gasteiger partial charge in [-0.2, -0.15) is 0 Å². The lowest BCUT2D eigenvalue weighted by Gasteiger charge is -2.29. The third-order valence-electron chi connectivity index (χ3n) is 6.67. The average molecular weight is 459 g/mol. The Morgan fingerprint density at radius 1 is 0.571 bits per heavy atom. The summed E-state index contributed by atoms with van der Waals surface area (Å²) in [6.07, 6.45) is 7.90. The van der Waals surface area contributed by atoms with Crippen LogP contribution in [0.3, 0.4) is 0 Å².